The number of hydrogen-bond donors (Lipinski definition) is 1. The topological polar surface area (TPSA) is 114 Å². The maximum atomic E-state index is 13.3. The molecule has 3 aliphatic rings. The van der Waals surface area contributed by atoms with Gasteiger partial charge in [-0.05, 0) is 49.6 Å². The van der Waals surface area contributed by atoms with Gasteiger partial charge >= 0.3 is 0 Å². The standard InChI is InChI=1S/C29H31N3O7S/c1-37-15-3-12-32-24-8-7-23(21-4-2-5-22(27(21)24)29(32)34)30-28(33)19-10-13-31(14-11-19)40(35,36)20-6-9-25-26(18-20)39-17-16-38-25/h2,4-9,18-19H,3,10-17H2,1H3,(H,30,33). The Morgan fingerprint density at radius 3 is 2.60 bits per heavy atom. The second-order valence-corrected chi connectivity index (χ2v) is 12.1. The number of ether oxygens (including phenoxy) is 3. The third-order valence-corrected chi connectivity index (χ3v) is 9.64. The van der Waals surface area contributed by atoms with Crippen LogP contribution in [0, 0.1) is 5.92 Å². The summed E-state index contributed by atoms with van der Waals surface area (Å²) in [4.78, 5) is 28.3. The molecule has 0 aliphatic carbocycles. The first-order valence-electron chi connectivity index (χ1n) is 13.5. The Labute approximate surface area is 232 Å². The van der Waals surface area contributed by atoms with Crippen LogP contribution in [-0.4, -0.2) is 71.1 Å². The number of anilines is 2. The van der Waals surface area contributed by atoms with Crippen molar-refractivity contribution < 1.29 is 32.2 Å². The molecule has 0 spiro atoms. The molecule has 3 heterocycles. The van der Waals surface area contributed by atoms with Gasteiger partial charge in [-0.25, -0.2) is 8.42 Å². The first-order chi connectivity index (χ1) is 19.4. The van der Waals surface area contributed by atoms with Crippen molar-refractivity contribution in [3.63, 3.8) is 0 Å². The summed E-state index contributed by atoms with van der Waals surface area (Å²) in [6, 6.07) is 13.9. The van der Waals surface area contributed by atoms with Crippen LogP contribution in [0.5, 0.6) is 11.5 Å². The Bertz CT molecular complexity index is 1580. The summed E-state index contributed by atoms with van der Waals surface area (Å²) in [5.74, 6) is 0.422. The first kappa shape index (κ1) is 26.5. The van der Waals surface area contributed by atoms with Crippen LogP contribution in [0.2, 0.25) is 0 Å². The predicted molar refractivity (Wildman–Crippen MR) is 150 cm³/mol. The summed E-state index contributed by atoms with van der Waals surface area (Å²) >= 11 is 0. The van der Waals surface area contributed by atoms with Crippen LogP contribution in [-0.2, 0) is 19.6 Å². The number of benzene rings is 3. The number of carbonyl (C=O) groups is 2. The van der Waals surface area contributed by atoms with E-state index in [4.69, 9.17) is 14.2 Å². The van der Waals surface area contributed by atoms with Gasteiger partial charge in [-0.1, -0.05) is 12.1 Å². The smallest absolute Gasteiger partial charge is 0.258 e. The minimum absolute atomic E-state index is 0.0493. The number of carbonyl (C=O) groups excluding carboxylic acids is 2. The molecule has 210 valence electrons. The second kappa shape index (κ2) is 10.7. The van der Waals surface area contributed by atoms with Gasteiger partial charge in [-0.15, -0.1) is 0 Å². The molecule has 0 unspecified atom stereocenters. The molecule has 0 saturated carbocycles. The van der Waals surface area contributed by atoms with E-state index in [2.05, 4.69) is 5.32 Å². The van der Waals surface area contributed by atoms with Crippen LogP contribution in [0.4, 0.5) is 11.4 Å². The molecule has 40 heavy (non-hydrogen) atoms. The highest BCUT2D eigenvalue weighted by atomic mass is 32.2. The Hall–Kier alpha value is -3.67. The van der Waals surface area contributed by atoms with E-state index in [1.807, 2.05) is 30.3 Å². The lowest BCUT2D eigenvalue weighted by molar-refractivity contribution is -0.120. The van der Waals surface area contributed by atoms with E-state index in [1.165, 1.54) is 16.4 Å². The van der Waals surface area contributed by atoms with Crippen molar-refractivity contribution in [2.24, 2.45) is 5.92 Å². The van der Waals surface area contributed by atoms with Gasteiger partial charge in [0.25, 0.3) is 5.91 Å². The SMILES string of the molecule is COCCCN1C(=O)c2cccc3c(NC(=O)C4CCN(S(=O)(=O)c5ccc6c(c5)OCCO6)CC4)ccc1c23. The van der Waals surface area contributed by atoms with Crippen molar-refractivity contribution in [3.05, 3.63) is 54.1 Å². The molecule has 10 nitrogen and oxygen atoms in total. The number of piperidine rings is 1. The van der Waals surface area contributed by atoms with Crippen LogP contribution in [0.3, 0.4) is 0 Å². The zero-order valence-corrected chi connectivity index (χ0v) is 23.0. The molecule has 3 aromatic carbocycles. The van der Waals surface area contributed by atoms with Crippen molar-refractivity contribution in [1.29, 1.82) is 0 Å². The van der Waals surface area contributed by atoms with E-state index in [9.17, 15) is 18.0 Å². The maximum Gasteiger partial charge on any atom is 0.258 e. The van der Waals surface area contributed by atoms with Crippen molar-refractivity contribution in [3.8, 4) is 11.5 Å². The van der Waals surface area contributed by atoms with Gasteiger partial charge in [0, 0.05) is 67.4 Å². The van der Waals surface area contributed by atoms with Crippen molar-refractivity contribution >= 4 is 44.0 Å². The third kappa shape index (κ3) is 4.67. The molecule has 1 fully saturated rings. The van der Waals surface area contributed by atoms with Gasteiger partial charge in [0.2, 0.25) is 15.9 Å². The highest BCUT2D eigenvalue weighted by Crippen LogP contribution is 2.41. The molecule has 0 radical (unpaired) electrons. The fourth-order valence-electron chi connectivity index (χ4n) is 5.67. The fraction of sp³-hybridized carbons (Fsp3) is 0.379. The van der Waals surface area contributed by atoms with Crippen LogP contribution in [0.15, 0.2) is 53.4 Å². The number of fused-ring (bicyclic) bond motifs is 1. The second-order valence-electron chi connectivity index (χ2n) is 10.1. The van der Waals surface area contributed by atoms with Gasteiger partial charge in [0.15, 0.2) is 11.5 Å². The quantitative estimate of drug-likeness (QED) is 0.415. The minimum atomic E-state index is -3.73. The number of sulfonamides is 1. The maximum absolute atomic E-state index is 13.3. The van der Waals surface area contributed by atoms with Crippen molar-refractivity contribution in [2.45, 2.75) is 24.2 Å². The number of nitrogens with one attached hydrogen (secondary N) is 1. The lowest BCUT2D eigenvalue weighted by Crippen LogP contribution is -2.41. The normalized spacial score (nSPS) is 17.4. The van der Waals surface area contributed by atoms with E-state index >= 15 is 0 Å². The first-order valence-corrected chi connectivity index (χ1v) is 14.9. The van der Waals surface area contributed by atoms with Crippen LogP contribution >= 0.6 is 0 Å². The fourth-order valence-corrected chi connectivity index (χ4v) is 7.16. The summed E-state index contributed by atoms with van der Waals surface area (Å²) in [7, 11) is -2.09. The summed E-state index contributed by atoms with van der Waals surface area (Å²) in [6.07, 6.45) is 1.53. The lowest BCUT2D eigenvalue weighted by Gasteiger charge is -2.31. The van der Waals surface area contributed by atoms with Crippen LogP contribution in [0.25, 0.3) is 10.8 Å². The molecule has 1 N–H and O–H groups in total. The number of hydrogen-bond acceptors (Lipinski definition) is 7. The molecule has 3 aliphatic heterocycles. The van der Waals surface area contributed by atoms with E-state index < -0.39 is 10.0 Å². The zero-order valence-electron chi connectivity index (χ0n) is 22.2. The molecule has 0 atom stereocenters. The molecule has 11 heteroatoms. The zero-order chi connectivity index (χ0) is 27.9. The number of rotatable bonds is 8. The summed E-state index contributed by atoms with van der Waals surface area (Å²) in [5, 5.41) is 4.70. The number of amides is 2. The Kier molecular flexibility index (Phi) is 7.11. The van der Waals surface area contributed by atoms with Gasteiger partial charge in [0.05, 0.1) is 10.6 Å². The average Bonchev–Trinajstić information content (AvgIpc) is 3.26. The van der Waals surface area contributed by atoms with Crippen molar-refractivity contribution in [1.82, 2.24) is 4.31 Å². The number of methoxy groups -OCH3 is 1. The minimum Gasteiger partial charge on any atom is -0.486 e. The van der Waals surface area contributed by atoms with Gasteiger partial charge in [0.1, 0.15) is 13.2 Å². The van der Waals surface area contributed by atoms with E-state index in [1.54, 1.807) is 18.1 Å². The molecular weight excluding hydrogens is 534 g/mol. The largest absolute Gasteiger partial charge is 0.486 e. The highest BCUT2D eigenvalue weighted by molar-refractivity contribution is 7.89. The van der Waals surface area contributed by atoms with Gasteiger partial charge < -0.3 is 24.4 Å². The monoisotopic (exact) mass is 565 g/mol. The Morgan fingerprint density at radius 2 is 1.82 bits per heavy atom. The summed E-state index contributed by atoms with van der Waals surface area (Å²) in [6.45, 7) is 2.40. The van der Waals surface area contributed by atoms with Crippen molar-refractivity contribution in [2.75, 3.05) is 56.8 Å². The predicted octanol–water partition coefficient (Wildman–Crippen LogP) is 3.65. The van der Waals surface area contributed by atoms with Gasteiger partial charge in [-0.2, -0.15) is 4.31 Å². The Balaban J connectivity index is 1.14. The van der Waals surface area contributed by atoms with Gasteiger partial charge in [-0.3, -0.25) is 9.59 Å². The average molecular weight is 566 g/mol. The molecular formula is C29H31N3O7S. The summed E-state index contributed by atoms with van der Waals surface area (Å²) < 4.78 is 44.2. The lowest BCUT2D eigenvalue weighted by atomic mass is 9.96. The number of nitrogens with zero attached hydrogens (tertiary/aromatic N) is 2. The molecule has 0 bridgehead atoms. The Morgan fingerprint density at radius 1 is 1.05 bits per heavy atom. The molecule has 3 aromatic rings. The highest BCUT2D eigenvalue weighted by Gasteiger charge is 2.34. The summed E-state index contributed by atoms with van der Waals surface area (Å²) in [5.41, 5.74) is 2.10. The van der Waals surface area contributed by atoms with E-state index in [-0.39, 0.29) is 35.7 Å². The molecule has 1 saturated heterocycles. The van der Waals surface area contributed by atoms with Crippen LogP contribution < -0.4 is 19.7 Å². The molecule has 0 aromatic heterocycles. The third-order valence-electron chi connectivity index (χ3n) is 7.75. The molecule has 6 rings (SSSR count). The van der Waals surface area contributed by atoms with Crippen LogP contribution in [0.1, 0.15) is 29.6 Å². The van der Waals surface area contributed by atoms with E-state index in [0.717, 1.165) is 22.9 Å². The van der Waals surface area contributed by atoms with E-state index in [0.29, 0.717) is 62.0 Å². The molecule has 2 amide bonds.